The second kappa shape index (κ2) is 6.76. The minimum atomic E-state index is -0.617. The molecule has 0 aliphatic heterocycles. The fourth-order valence-corrected chi connectivity index (χ4v) is 5.43. The standard InChI is InChI=1S/C21H26F2N2O/c1-13-3-15-4-14(2)10-21(9-13,11-15)24-12-19-8-20(26-25-19)16-5-17(22)7-18(23)6-16/h5-8,13-15,24H,3-4,9-12H2,1-2H3. The van der Waals surface area contributed by atoms with Crippen LogP contribution in [0.15, 0.2) is 28.8 Å². The molecule has 2 atom stereocenters. The van der Waals surface area contributed by atoms with Gasteiger partial charge < -0.3 is 9.84 Å². The van der Waals surface area contributed by atoms with Crippen LogP contribution in [0.1, 0.15) is 51.6 Å². The smallest absolute Gasteiger partial charge is 0.167 e. The van der Waals surface area contributed by atoms with Crippen LogP contribution in [0.25, 0.3) is 11.3 Å². The van der Waals surface area contributed by atoms with E-state index in [4.69, 9.17) is 4.52 Å². The Morgan fingerprint density at radius 3 is 2.35 bits per heavy atom. The van der Waals surface area contributed by atoms with Gasteiger partial charge in [0.1, 0.15) is 11.6 Å². The second-order valence-corrected chi connectivity index (χ2v) is 8.63. The van der Waals surface area contributed by atoms with Gasteiger partial charge in [0.15, 0.2) is 5.76 Å². The molecular weight excluding hydrogens is 334 g/mol. The normalized spacial score (nSPS) is 31.2. The largest absolute Gasteiger partial charge is 0.356 e. The molecule has 1 heterocycles. The van der Waals surface area contributed by atoms with Gasteiger partial charge in [0.2, 0.25) is 0 Å². The van der Waals surface area contributed by atoms with Crippen molar-refractivity contribution in [3.63, 3.8) is 0 Å². The Labute approximate surface area is 153 Å². The van der Waals surface area contributed by atoms with Crippen LogP contribution in [0.2, 0.25) is 0 Å². The van der Waals surface area contributed by atoms with Crippen molar-refractivity contribution in [1.29, 1.82) is 0 Å². The number of nitrogens with zero attached hydrogens (tertiary/aromatic N) is 1. The SMILES string of the molecule is CC1CC2CC(C)CC(NCc3cc(-c4cc(F)cc(F)c4)on3)(C1)C2. The van der Waals surface area contributed by atoms with Crippen LogP contribution >= 0.6 is 0 Å². The molecule has 3 nitrogen and oxygen atoms in total. The summed E-state index contributed by atoms with van der Waals surface area (Å²) in [4.78, 5) is 0. The zero-order valence-electron chi connectivity index (χ0n) is 15.4. The molecular formula is C21H26F2N2O. The number of nitrogens with one attached hydrogen (secondary N) is 1. The van der Waals surface area contributed by atoms with Crippen LogP contribution in [-0.4, -0.2) is 10.7 Å². The molecule has 0 spiro atoms. The highest BCUT2D eigenvalue weighted by molar-refractivity contribution is 5.57. The topological polar surface area (TPSA) is 38.1 Å². The lowest BCUT2D eigenvalue weighted by Gasteiger charge is -2.50. The van der Waals surface area contributed by atoms with Gasteiger partial charge in [-0.25, -0.2) is 8.78 Å². The van der Waals surface area contributed by atoms with E-state index in [1.54, 1.807) is 6.07 Å². The Kier molecular flexibility index (Phi) is 4.59. The van der Waals surface area contributed by atoms with Gasteiger partial charge in [-0.3, -0.25) is 0 Å². The molecule has 1 N–H and O–H groups in total. The number of hydrogen-bond acceptors (Lipinski definition) is 3. The van der Waals surface area contributed by atoms with E-state index in [-0.39, 0.29) is 5.54 Å². The van der Waals surface area contributed by atoms with E-state index < -0.39 is 11.6 Å². The highest BCUT2D eigenvalue weighted by Gasteiger charge is 2.43. The lowest BCUT2D eigenvalue weighted by molar-refractivity contribution is 0.0538. The Morgan fingerprint density at radius 2 is 1.69 bits per heavy atom. The van der Waals surface area contributed by atoms with E-state index in [1.807, 2.05) is 0 Å². The van der Waals surface area contributed by atoms with Crippen LogP contribution in [0.3, 0.4) is 0 Å². The summed E-state index contributed by atoms with van der Waals surface area (Å²) in [5, 5.41) is 7.85. The molecule has 2 aliphatic carbocycles. The molecule has 2 aromatic rings. The number of halogens is 2. The van der Waals surface area contributed by atoms with Crippen LogP contribution in [0.4, 0.5) is 8.78 Å². The molecule has 26 heavy (non-hydrogen) atoms. The minimum absolute atomic E-state index is 0.185. The summed E-state index contributed by atoms with van der Waals surface area (Å²) in [7, 11) is 0. The third kappa shape index (κ3) is 3.68. The van der Waals surface area contributed by atoms with Crippen LogP contribution in [-0.2, 0) is 6.54 Å². The van der Waals surface area contributed by atoms with Gasteiger partial charge in [0.25, 0.3) is 0 Å². The number of rotatable bonds is 4. The van der Waals surface area contributed by atoms with Crippen LogP contribution in [0.5, 0.6) is 0 Å². The number of hydrogen-bond donors (Lipinski definition) is 1. The first-order valence-electron chi connectivity index (χ1n) is 9.58. The quantitative estimate of drug-likeness (QED) is 0.802. The lowest BCUT2D eigenvalue weighted by atomic mass is 9.61. The molecule has 4 rings (SSSR count). The molecule has 2 fully saturated rings. The average molecular weight is 360 g/mol. The molecule has 2 bridgehead atoms. The monoisotopic (exact) mass is 360 g/mol. The van der Waals surface area contributed by atoms with Gasteiger partial charge in [-0.15, -0.1) is 0 Å². The Hall–Kier alpha value is -1.75. The summed E-state index contributed by atoms with van der Waals surface area (Å²) in [6, 6.07) is 5.14. The molecule has 0 amide bonds. The zero-order valence-corrected chi connectivity index (χ0v) is 15.4. The van der Waals surface area contributed by atoms with E-state index in [2.05, 4.69) is 24.3 Å². The second-order valence-electron chi connectivity index (χ2n) is 8.63. The van der Waals surface area contributed by atoms with Crippen molar-refractivity contribution in [2.24, 2.45) is 17.8 Å². The molecule has 2 unspecified atom stereocenters. The summed E-state index contributed by atoms with van der Waals surface area (Å²) in [5.41, 5.74) is 1.33. The molecule has 0 radical (unpaired) electrons. The maximum Gasteiger partial charge on any atom is 0.167 e. The van der Waals surface area contributed by atoms with E-state index >= 15 is 0 Å². The first-order chi connectivity index (χ1) is 12.4. The fraction of sp³-hybridized carbons (Fsp3) is 0.571. The van der Waals surface area contributed by atoms with Crippen molar-refractivity contribution >= 4 is 0 Å². The first-order valence-corrected chi connectivity index (χ1v) is 9.58. The highest BCUT2D eigenvalue weighted by Crippen LogP contribution is 2.47. The van der Waals surface area contributed by atoms with E-state index in [9.17, 15) is 8.78 Å². The Morgan fingerprint density at radius 1 is 1.04 bits per heavy atom. The summed E-state index contributed by atoms with van der Waals surface area (Å²) in [6.07, 6.45) is 6.32. The van der Waals surface area contributed by atoms with Crippen LogP contribution in [0, 0.1) is 29.4 Å². The van der Waals surface area contributed by atoms with E-state index in [0.717, 1.165) is 29.5 Å². The molecule has 2 aliphatic rings. The van der Waals surface area contributed by atoms with Gasteiger partial charge in [-0.1, -0.05) is 19.0 Å². The van der Waals surface area contributed by atoms with Gasteiger partial charge in [0, 0.05) is 29.8 Å². The zero-order chi connectivity index (χ0) is 18.3. The summed E-state index contributed by atoms with van der Waals surface area (Å²) < 4.78 is 32.1. The number of aromatic nitrogens is 1. The maximum atomic E-state index is 13.4. The molecule has 1 aromatic carbocycles. The molecule has 0 saturated heterocycles. The fourth-order valence-electron chi connectivity index (χ4n) is 5.43. The van der Waals surface area contributed by atoms with Crippen molar-refractivity contribution in [2.75, 3.05) is 0 Å². The van der Waals surface area contributed by atoms with E-state index in [0.29, 0.717) is 17.9 Å². The van der Waals surface area contributed by atoms with Crippen molar-refractivity contribution in [3.8, 4) is 11.3 Å². The Bertz CT molecular complexity index is 748. The van der Waals surface area contributed by atoms with Gasteiger partial charge >= 0.3 is 0 Å². The molecule has 140 valence electrons. The van der Waals surface area contributed by atoms with Crippen molar-refractivity contribution in [2.45, 2.75) is 58.0 Å². The highest BCUT2D eigenvalue weighted by atomic mass is 19.1. The summed E-state index contributed by atoms with van der Waals surface area (Å²) in [6.45, 7) is 5.32. The van der Waals surface area contributed by atoms with Gasteiger partial charge in [-0.05, 0) is 62.0 Å². The summed E-state index contributed by atoms with van der Waals surface area (Å²) in [5.74, 6) is 1.47. The third-order valence-corrected chi connectivity index (χ3v) is 5.98. The summed E-state index contributed by atoms with van der Waals surface area (Å²) >= 11 is 0. The molecule has 2 saturated carbocycles. The third-order valence-electron chi connectivity index (χ3n) is 5.98. The van der Waals surface area contributed by atoms with Gasteiger partial charge in [0.05, 0.1) is 5.69 Å². The first kappa shape index (κ1) is 17.7. The van der Waals surface area contributed by atoms with Crippen molar-refractivity contribution in [1.82, 2.24) is 10.5 Å². The van der Waals surface area contributed by atoms with E-state index in [1.165, 1.54) is 44.2 Å². The van der Waals surface area contributed by atoms with Crippen molar-refractivity contribution < 1.29 is 13.3 Å². The molecule has 5 heteroatoms. The molecule has 1 aromatic heterocycles. The minimum Gasteiger partial charge on any atom is -0.356 e. The lowest BCUT2D eigenvalue weighted by Crippen LogP contribution is -2.54. The predicted octanol–water partition coefficient (Wildman–Crippen LogP) is 5.31. The predicted molar refractivity (Wildman–Crippen MR) is 96.3 cm³/mol. The maximum absolute atomic E-state index is 13.4. The Balaban J connectivity index is 1.47. The van der Waals surface area contributed by atoms with Crippen LogP contribution < -0.4 is 5.32 Å². The average Bonchev–Trinajstić information content (AvgIpc) is 2.99. The number of benzene rings is 1. The van der Waals surface area contributed by atoms with Crippen molar-refractivity contribution in [3.05, 3.63) is 41.6 Å². The van der Waals surface area contributed by atoms with Gasteiger partial charge in [-0.2, -0.15) is 0 Å². The number of fused-ring (bicyclic) bond motifs is 2.